The van der Waals surface area contributed by atoms with Gasteiger partial charge in [-0.1, -0.05) is 42.5 Å². The van der Waals surface area contributed by atoms with Crippen LogP contribution in [0.3, 0.4) is 0 Å². The first-order chi connectivity index (χ1) is 9.22. The van der Waals surface area contributed by atoms with Crippen molar-refractivity contribution in [3.05, 3.63) is 72.3 Å². The summed E-state index contributed by atoms with van der Waals surface area (Å²) in [5, 5.41) is 0. The largest absolute Gasteiger partial charge is 0.398 e. The van der Waals surface area contributed by atoms with E-state index in [-0.39, 0.29) is 0 Å². The third-order valence-electron chi connectivity index (χ3n) is 3.00. The lowest BCUT2D eigenvalue weighted by Gasteiger charge is -2.10. The van der Waals surface area contributed by atoms with E-state index in [1.807, 2.05) is 54.6 Å². The van der Waals surface area contributed by atoms with Gasteiger partial charge in [-0.2, -0.15) is 0 Å². The molecule has 0 bridgehead atoms. The summed E-state index contributed by atoms with van der Waals surface area (Å²) in [4.78, 5) is 0. The normalized spacial score (nSPS) is 11.3. The molecule has 2 aromatic carbocycles. The molecule has 0 aliphatic rings. The van der Waals surface area contributed by atoms with Crippen LogP contribution >= 0.6 is 0 Å². The van der Waals surface area contributed by atoms with E-state index in [4.69, 9.17) is 11.5 Å². The average molecular weight is 250 g/mol. The van der Waals surface area contributed by atoms with E-state index in [0.29, 0.717) is 0 Å². The Kier molecular flexibility index (Phi) is 4.04. The van der Waals surface area contributed by atoms with Gasteiger partial charge < -0.3 is 11.5 Å². The summed E-state index contributed by atoms with van der Waals surface area (Å²) < 4.78 is 0. The van der Waals surface area contributed by atoms with Crippen molar-refractivity contribution in [1.29, 1.82) is 0 Å². The summed E-state index contributed by atoms with van der Waals surface area (Å²) in [7, 11) is 0. The molecule has 4 N–H and O–H groups in total. The zero-order valence-electron chi connectivity index (χ0n) is 10.8. The minimum Gasteiger partial charge on any atom is -0.398 e. The first kappa shape index (κ1) is 13.0. The van der Waals surface area contributed by atoms with Crippen LogP contribution in [0.1, 0.15) is 17.5 Å². The molecule has 96 valence electrons. The van der Waals surface area contributed by atoms with E-state index in [2.05, 4.69) is 12.7 Å². The fourth-order valence-electron chi connectivity index (χ4n) is 2.02. The Morgan fingerprint density at radius 1 is 0.947 bits per heavy atom. The third-order valence-corrected chi connectivity index (χ3v) is 3.00. The fourth-order valence-corrected chi connectivity index (χ4v) is 2.02. The topological polar surface area (TPSA) is 52.0 Å². The molecule has 0 aliphatic carbocycles. The maximum absolute atomic E-state index is 6.04. The predicted molar refractivity (Wildman–Crippen MR) is 84.4 cm³/mol. The summed E-state index contributed by atoms with van der Waals surface area (Å²) in [6.07, 6.45) is 4.70. The molecule has 19 heavy (non-hydrogen) atoms. The van der Waals surface area contributed by atoms with Gasteiger partial charge >= 0.3 is 0 Å². The van der Waals surface area contributed by atoms with Crippen molar-refractivity contribution in [2.24, 2.45) is 0 Å². The van der Waals surface area contributed by atoms with Crippen LogP contribution < -0.4 is 11.5 Å². The second kappa shape index (κ2) is 5.91. The smallest absolute Gasteiger partial charge is 0.0390 e. The number of para-hydroxylation sites is 2. The zero-order chi connectivity index (χ0) is 13.7. The van der Waals surface area contributed by atoms with Crippen molar-refractivity contribution in [3.8, 4) is 0 Å². The van der Waals surface area contributed by atoms with Crippen molar-refractivity contribution in [2.75, 3.05) is 11.5 Å². The van der Waals surface area contributed by atoms with E-state index in [1.54, 1.807) is 0 Å². The van der Waals surface area contributed by atoms with Crippen molar-refractivity contribution < 1.29 is 0 Å². The number of benzene rings is 2. The first-order valence-electron chi connectivity index (χ1n) is 6.23. The Hall–Kier alpha value is -2.48. The van der Waals surface area contributed by atoms with Crippen LogP contribution in [0, 0.1) is 0 Å². The van der Waals surface area contributed by atoms with Crippen LogP contribution in [-0.4, -0.2) is 0 Å². The number of nitrogens with two attached hydrogens (primary N) is 2. The predicted octanol–water partition coefficient (Wildman–Crippen LogP) is 3.97. The average Bonchev–Trinajstić information content (AvgIpc) is 2.41. The van der Waals surface area contributed by atoms with Gasteiger partial charge in [0, 0.05) is 16.9 Å². The molecule has 2 nitrogen and oxygen atoms in total. The molecule has 0 saturated carbocycles. The Morgan fingerprint density at radius 3 is 2.21 bits per heavy atom. The molecule has 0 aliphatic heterocycles. The molecule has 0 unspecified atom stereocenters. The van der Waals surface area contributed by atoms with Gasteiger partial charge in [-0.15, -0.1) is 6.58 Å². The van der Waals surface area contributed by atoms with E-state index in [0.717, 1.165) is 34.5 Å². The molecule has 0 spiro atoms. The molecular formula is C17H18N2. The number of hydrogen-bond donors (Lipinski definition) is 2. The van der Waals surface area contributed by atoms with Gasteiger partial charge in [0.1, 0.15) is 0 Å². The lowest BCUT2D eigenvalue weighted by Crippen LogP contribution is -1.94. The van der Waals surface area contributed by atoms with Crippen LogP contribution in [-0.2, 0) is 0 Å². The van der Waals surface area contributed by atoms with Gasteiger partial charge in [-0.3, -0.25) is 0 Å². The fraction of sp³-hybridized carbons (Fsp3) is 0.0588. The Morgan fingerprint density at radius 2 is 1.58 bits per heavy atom. The van der Waals surface area contributed by atoms with Crippen molar-refractivity contribution in [2.45, 2.75) is 6.42 Å². The summed E-state index contributed by atoms with van der Waals surface area (Å²) in [6.45, 7) is 3.81. The highest BCUT2D eigenvalue weighted by Gasteiger charge is 2.05. The van der Waals surface area contributed by atoms with Crippen molar-refractivity contribution in [1.82, 2.24) is 0 Å². The van der Waals surface area contributed by atoms with E-state index >= 15 is 0 Å². The number of nitrogen functional groups attached to an aromatic ring is 2. The van der Waals surface area contributed by atoms with Crippen molar-refractivity contribution in [3.63, 3.8) is 0 Å². The molecule has 0 amide bonds. The van der Waals surface area contributed by atoms with Crippen LogP contribution in [0.4, 0.5) is 11.4 Å². The number of rotatable bonds is 4. The Balaban J connectivity index is 2.50. The number of allylic oxidation sites excluding steroid dienone is 2. The molecule has 0 heterocycles. The molecule has 2 rings (SSSR count). The van der Waals surface area contributed by atoms with Crippen LogP contribution in [0.2, 0.25) is 0 Å². The lowest BCUT2D eigenvalue weighted by atomic mass is 9.98. The lowest BCUT2D eigenvalue weighted by molar-refractivity contribution is 1.41. The maximum Gasteiger partial charge on any atom is 0.0390 e. The Bertz CT molecular complexity index is 612. The molecule has 0 aromatic heterocycles. The van der Waals surface area contributed by atoms with Crippen LogP contribution in [0.25, 0.3) is 11.6 Å². The summed E-state index contributed by atoms with van der Waals surface area (Å²) in [5.41, 5.74) is 16.7. The Labute approximate surface area is 114 Å². The molecule has 0 fully saturated rings. The van der Waals surface area contributed by atoms with Crippen LogP contribution in [0.5, 0.6) is 0 Å². The minimum atomic E-state index is 0.753. The zero-order valence-corrected chi connectivity index (χ0v) is 10.8. The summed E-state index contributed by atoms with van der Waals surface area (Å²) in [5.74, 6) is 0. The minimum absolute atomic E-state index is 0.753. The molecule has 2 aromatic rings. The summed E-state index contributed by atoms with van der Waals surface area (Å²) >= 11 is 0. The highest BCUT2D eigenvalue weighted by atomic mass is 14.6. The van der Waals surface area contributed by atoms with E-state index < -0.39 is 0 Å². The highest BCUT2D eigenvalue weighted by molar-refractivity contribution is 5.88. The monoisotopic (exact) mass is 250 g/mol. The first-order valence-corrected chi connectivity index (χ1v) is 6.23. The molecular weight excluding hydrogens is 232 g/mol. The molecule has 0 radical (unpaired) electrons. The second-order valence-electron chi connectivity index (χ2n) is 4.38. The second-order valence-corrected chi connectivity index (χ2v) is 4.38. The molecule has 0 atom stereocenters. The van der Waals surface area contributed by atoms with Gasteiger partial charge in [0.15, 0.2) is 0 Å². The molecule has 0 saturated heterocycles. The van der Waals surface area contributed by atoms with Gasteiger partial charge in [-0.05, 0) is 35.8 Å². The SMILES string of the molecule is C=CC/C(=C\c1ccccc1N)c1ccccc1N. The summed E-state index contributed by atoms with van der Waals surface area (Å²) in [6, 6.07) is 15.6. The van der Waals surface area contributed by atoms with Gasteiger partial charge in [-0.25, -0.2) is 0 Å². The number of anilines is 2. The molecule has 2 heteroatoms. The standard InChI is InChI=1S/C17H18N2/c1-2-7-13(15-9-4-6-11-17(15)19)12-14-8-3-5-10-16(14)18/h2-6,8-12H,1,7,18-19H2/b13-12+. The van der Waals surface area contributed by atoms with Gasteiger partial charge in [0.2, 0.25) is 0 Å². The maximum atomic E-state index is 6.04. The highest BCUT2D eigenvalue weighted by Crippen LogP contribution is 2.28. The van der Waals surface area contributed by atoms with Crippen molar-refractivity contribution >= 4 is 23.0 Å². The quantitative estimate of drug-likeness (QED) is 0.490. The van der Waals surface area contributed by atoms with Crippen LogP contribution in [0.15, 0.2) is 61.2 Å². The van der Waals surface area contributed by atoms with Gasteiger partial charge in [0.05, 0.1) is 0 Å². The third kappa shape index (κ3) is 3.05. The van der Waals surface area contributed by atoms with E-state index in [9.17, 15) is 0 Å². The van der Waals surface area contributed by atoms with E-state index in [1.165, 1.54) is 0 Å². The number of hydrogen-bond acceptors (Lipinski definition) is 2. The van der Waals surface area contributed by atoms with Gasteiger partial charge in [0.25, 0.3) is 0 Å².